The fourth-order valence-corrected chi connectivity index (χ4v) is 2.45. The molecule has 0 unspecified atom stereocenters. The summed E-state index contributed by atoms with van der Waals surface area (Å²) in [6.07, 6.45) is 11.3. The van der Waals surface area contributed by atoms with E-state index in [4.69, 9.17) is 10.2 Å². The van der Waals surface area contributed by atoms with Gasteiger partial charge in [0.2, 0.25) is 0 Å². The highest BCUT2D eigenvalue weighted by Gasteiger charge is 2.16. The van der Waals surface area contributed by atoms with Crippen molar-refractivity contribution < 1.29 is 24.9 Å². The fourth-order valence-electron chi connectivity index (χ4n) is 2.45. The van der Waals surface area contributed by atoms with Crippen LogP contribution in [0.5, 0.6) is 0 Å². The molecular weight excluding hydrogens is 304 g/mol. The quantitative estimate of drug-likeness (QED) is 0.383. The first-order valence-electron chi connectivity index (χ1n) is 10.8. The molecule has 4 heteroatoms. The maximum absolute atomic E-state index is 12.2. The number of hydrogen-bond acceptors (Lipinski definition) is 3. The third-order valence-electron chi connectivity index (χ3n) is 3.84. The number of aromatic carboxylic acids is 1. The molecule has 1 rings (SSSR count). The van der Waals surface area contributed by atoms with Gasteiger partial charge in [-0.05, 0) is 18.5 Å². The Morgan fingerprint density at radius 2 is 1.42 bits per heavy atom. The van der Waals surface area contributed by atoms with Gasteiger partial charge < -0.3 is 9.84 Å². The molecule has 0 bridgehead atoms. The summed E-state index contributed by atoms with van der Waals surface area (Å²) in [6.45, 7) is 2.29. The summed E-state index contributed by atoms with van der Waals surface area (Å²) in [5.74, 6) is -2.61. The zero-order valence-corrected chi connectivity index (χ0v) is 14.5. The van der Waals surface area contributed by atoms with E-state index in [2.05, 4.69) is 6.92 Å². The second kappa shape index (κ2) is 12.6. The number of esters is 1. The van der Waals surface area contributed by atoms with Crippen LogP contribution in [-0.2, 0) is 4.74 Å². The van der Waals surface area contributed by atoms with Crippen molar-refractivity contribution in [1.29, 1.82) is 0 Å². The van der Waals surface area contributed by atoms with Crippen molar-refractivity contribution >= 4 is 11.9 Å². The summed E-state index contributed by atoms with van der Waals surface area (Å²) in [7, 11) is 0. The zero-order chi connectivity index (χ0) is 21.1. The first kappa shape index (κ1) is 14.5. The smallest absolute Gasteiger partial charge is 0.339 e. The number of ether oxygens (including phenoxy) is 1. The Morgan fingerprint density at radius 1 is 0.917 bits per heavy atom. The molecule has 0 spiro atoms. The van der Waals surface area contributed by atoms with Crippen molar-refractivity contribution in [3.05, 3.63) is 35.3 Å². The van der Waals surface area contributed by atoms with E-state index >= 15 is 0 Å². The number of rotatable bonds is 13. The van der Waals surface area contributed by atoms with Gasteiger partial charge >= 0.3 is 11.9 Å². The van der Waals surface area contributed by atoms with Gasteiger partial charge in [0, 0.05) is 0 Å². The number of carbonyl (C=O) groups is 2. The third kappa shape index (κ3) is 8.14. The van der Waals surface area contributed by atoms with E-state index in [9.17, 15) is 14.7 Å². The molecule has 24 heavy (non-hydrogen) atoms. The Kier molecular flexibility index (Phi) is 7.59. The van der Waals surface area contributed by atoms with Gasteiger partial charge in [0.25, 0.3) is 0 Å². The lowest BCUT2D eigenvalue weighted by Gasteiger charge is -2.07. The monoisotopic (exact) mass is 338 g/mol. The lowest BCUT2D eigenvalue weighted by atomic mass is 10.1. The van der Waals surface area contributed by atoms with E-state index in [0.29, 0.717) is 6.42 Å². The van der Waals surface area contributed by atoms with Crippen LogP contribution < -0.4 is 0 Å². The fraction of sp³-hybridized carbons (Fsp3) is 0.600. The predicted octanol–water partition coefficient (Wildman–Crippen LogP) is 5.46. The molecule has 1 N–H and O–H groups in total. The molecule has 0 radical (unpaired) electrons. The summed E-state index contributed by atoms with van der Waals surface area (Å²) in [6, 6.07) is -2.78. The molecule has 0 saturated heterocycles. The van der Waals surface area contributed by atoms with Gasteiger partial charge in [0.15, 0.2) is 0 Å². The largest absolute Gasteiger partial charge is 0.478 e. The predicted molar refractivity (Wildman–Crippen MR) is 95.5 cm³/mol. The molecule has 0 fully saturated rings. The van der Waals surface area contributed by atoms with Gasteiger partial charge in [-0.25, -0.2) is 9.59 Å². The minimum atomic E-state index is -1.59. The molecule has 134 valence electrons. The first-order chi connectivity index (χ1) is 13.3. The van der Waals surface area contributed by atoms with Crippen molar-refractivity contribution in [2.45, 2.75) is 71.1 Å². The standard InChI is InChI=1S/C20H30O4/c1-2-3-4-5-6-7-8-9-10-13-16-24-20(23)18-15-12-11-14-17(18)19(21)22/h11-12,14-15H,2-10,13,16H2,1H3,(H,21,22)/i11D,12D,14D,15D. The van der Waals surface area contributed by atoms with Crippen LogP contribution in [0.15, 0.2) is 24.2 Å². The second-order valence-electron chi connectivity index (χ2n) is 5.87. The lowest BCUT2D eigenvalue weighted by molar-refractivity contribution is 0.0487. The van der Waals surface area contributed by atoms with Crippen molar-refractivity contribution in [1.82, 2.24) is 0 Å². The van der Waals surface area contributed by atoms with Gasteiger partial charge in [0.05, 0.1) is 23.2 Å². The number of carboxylic acids is 1. The summed E-state index contributed by atoms with van der Waals surface area (Å²) < 4.78 is 35.7. The Labute approximate surface area is 150 Å². The maximum atomic E-state index is 12.2. The van der Waals surface area contributed by atoms with Crippen molar-refractivity contribution in [3.63, 3.8) is 0 Å². The topological polar surface area (TPSA) is 63.6 Å². The summed E-state index contributed by atoms with van der Waals surface area (Å²) in [5.41, 5.74) is -1.37. The van der Waals surface area contributed by atoms with Crippen LogP contribution in [0.4, 0.5) is 0 Å². The Hall–Kier alpha value is -1.84. The van der Waals surface area contributed by atoms with Crippen LogP contribution in [-0.4, -0.2) is 23.7 Å². The minimum Gasteiger partial charge on any atom is -0.478 e. The molecule has 0 aromatic heterocycles. The molecule has 0 heterocycles. The normalized spacial score (nSPS) is 12.9. The zero-order valence-electron chi connectivity index (χ0n) is 18.5. The number of carbonyl (C=O) groups excluding carboxylic acids is 1. The molecule has 0 aliphatic heterocycles. The summed E-state index contributed by atoms with van der Waals surface area (Å²) >= 11 is 0. The summed E-state index contributed by atoms with van der Waals surface area (Å²) in [4.78, 5) is 23.6. The molecule has 4 nitrogen and oxygen atoms in total. The molecule has 0 saturated carbocycles. The average molecular weight is 338 g/mol. The Balaban J connectivity index is 2.45. The van der Waals surface area contributed by atoms with Crippen LogP contribution in [0.25, 0.3) is 0 Å². The Morgan fingerprint density at radius 3 is 1.96 bits per heavy atom. The van der Waals surface area contributed by atoms with E-state index in [1.54, 1.807) is 0 Å². The number of benzene rings is 1. The summed E-state index contributed by atoms with van der Waals surface area (Å²) in [5, 5.41) is 9.24. The van der Waals surface area contributed by atoms with E-state index < -0.39 is 47.2 Å². The number of carboxylic acid groups (broad SMARTS) is 1. The third-order valence-corrected chi connectivity index (χ3v) is 3.84. The molecule has 0 atom stereocenters. The van der Waals surface area contributed by atoms with Gasteiger partial charge in [-0.15, -0.1) is 0 Å². The number of unbranched alkanes of at least 4 members (excludes halogenated alkanes) is 9. The van der Waals surface area contributed by atoms with E-state index in [0.717, 1.165) is 19.3 Å². The molecule has 1 aromatic rings. The SMILES string of the molecule is [2H]c1c([2H])c([2H])c(C(=O)OCCCCCCCCCCCC)c(C(=O)O)c1[2H]. The first-order valence-corrected chi connectivity index (χ1v) is 8.83. The van der Waals surface area contributed by atoms with E-state index in [-0.39, 0.29) is 6.61 Å². The van der Waals surface area contributed by atoms with Crippen LogP contribution in [0.1, 0.15) is 97.3 Å². The lowest BCUT2D eigenvalue weighted by Crippen LogP contribution is -2.12. The Bertz CT molecular complexity index is 677. The second-order valence-corrected chi connectivity index (χ2v) is 5.87. The minimum absolute atomic E-state index is 0.0944. The average Bonchev–Trinajstić information content (AvgIpc) is 2.66. The van der Waals surface area contributed by atoms with Crippen molar-refractivity contribution in [2.24, 2.45) is 0 Å². The van der Waals surface area contributed by atoms with Crippen LogP contribution >= 0.6 is 0 Å². The van der Waals surface area contributed by atoms with E-state index in [1.807, 2.05) is 0 Å². The molecule has 0 amide bonds. The van der Waals surface area contributed by atoms with Crippen LogP contribution in [0, 0.1) is 0 Å². The van der Waals surface area contributed by atoms with Crippen LogP contribution in [0.2, 0.25) is 0 Å². The van der Waals surface area contributed by atoms with Crippen molar-refractivity contribution in [3.8, 4) is 0 Å². The van der Waals surface area contributed by atoms with Gasteiger partial charge in [-0.3, -0.25) is 0 Å². The molecule has 0 aliphatic rings. The molecular formula is C20H30O4. The van der Waals surface area contributed by atoms with Gasteiger partial charge in [0.1, 0.15) is 0 Å². The van der Waals surface area contributed by atoms with Gasteiger partial charge in [-0.2, -0.15) is 0 Å². The highest BCUT2D eigenvalue weighted by Crippen LogP contribution is 2.12. The number of hydrogen-bond donors (Lipinski definition) is 1. The molecule has 1 aromatic carbocycles. The maximum Gasteiger partial charge on any atom is 0.339 e. The van der Waals surface area contributed by atoms with Crippen molar-refractivity contribution in [2.75, 3.05) is 6.61 Å². The van der Waals surface area contributed by atoms with E-state index in [1.165, 1.54) is 38.5 Å². The molecule has 0 aliphatic carbocycles. The van der Waals surface area contributed by atoms with Crippen LogP contribution in [0.3, 0.4) is 0 Å². The highest BCUT2D eigenvalue weighted by molar-refractivity contribution is 6.02. The van der Waals surface area contributed by atoms with Gasteiger partial charge in [-0.1, -0.05) is 76.8 Å². The highest BCUT2D eigenvalue weighted by atomic mass is 16.5.